The zero-order chi connectivity index (χ0) is 16.1. The number of nitrogens with one attached hydrogen (secondary N) is 2. The fraction of sp³-hybridized carbons (Fsp3) is 0.294. The van der Waals surface area contributed by atoms with Crippen LogP contribution in [0.25, 0.3) is 11.3 Å². The Hall–Kier alpha value is -2.11. The fourth-order valence-corrected chi connectivity index (χ4v) is 1.92. The number of hydrogen-bond acceptors (Lipinski definition) is 4. The molecule has 0 bridgehead atoms. The topological polar surface area (TPSA) is 71.3 Å². The van der Waals surface area contributed by atoms with Crippen LogP contribution >= 0.6 is 12.4 Å². The first-order chi connectivity index (χ1) is 10.5. The van der Waals surface area contributed by atoms with Crippen LogP contribution in [0.1, 0.15) is 34.8 Å². The predicted molar refractivity (Wildman–Crippen MR) is 92.3 cm³/mol. The molecule has 124 valence electrons. The Kier molecular flexibility index (Phi) is 7.00. The molecule has 0 spiro atoms. The van der Waals surface area contributed by atoms with Crippen LogP contribution in [-0.2, 0) is 0 Å². The van der Waals surface area contributed by atoms with Gasteiger partial charge in [-0.15, -0.1) is 12.4 Å². The number of halogens is 1. The lowest BCUT2D eigenvalue weighted by atomic mass is 10.1. The maximum absolute atomic E-state index is 12.0. The van der Waals surface area contributed by atoms with Crippen molar-refractivity contribution in [3.05, 3.63) is 47.7 Å². The van der Waals surface area contributed by atoms with E-state index in [4.69, 9.17) is 4.42 Å². The van der Waals surface area contributed by atoms with Crippen LogP contribution in [0, 0.1) is 0 Å². The zero-order valence-corrected chi connectivity index (χ0v) is 14.2. The molecule has 2 aromatic rings. The molecule has 2 N–H and O–H groups in total. The number of ketones is 1. The van der Waals surface area contributed by atoms with Crippen LogP contribution in [0.4, 0.5) is 0 Å². The molecule has 0 saturated heterocycles. The lowest BCUT2D eigenvalue weighted by Crippen LogP contribution is -2.37. The maximum atomic E-state index is 12.0. The molecule has 2 rings (SSSR count). The molecule has 1 amide bonds. The summed E-state index contributed by atoms with van der Waals surface area (Å²) in [7, 11) is 1.84. The molecule has 1 unspecified atom stereocenters. The van der Waals surface area contributed by atoms with E-state index in [1.807, 2.05) is 14.0 Å². The molecular weight excluding hydrogens is 316 g/mol. The van der Waals surface area contributed by atoms with E-state index in [2.05, 4.69) is 10.6 Å². The van der Waals surface area contributed by atoms with Crippen molar-refractivity contribution in [2.24, 2.45) is 0 Å². The van der Waals surface area contributed by atoms with Crippen LogP contribution in [0.3, 0.4) is 0 Å². The standard InChI is InChI=1S/C17H20N2O3.ClH/c1-11(18-3)10-19-17(21)16-9-8-15(22-16)14-6-4-13(5-7-14)12(2)20;/h4-9,11,18H,10H2,1-3H3,(H,19,21);1H. The number of carbonyl (C=O) groups is 2. The second-order valence-corrected chi connectivity index (χ2v) is 5.20. The van der Waals surface area contributed by atoms with Gasteiger partial charge < -0.3 is 15.1 Å². The number of furan rings is 1. The van der Waals surface area contributed by atoms with Gasteiger partial charge >= 0.3 is 0 Å². The summed E-state index contributed by atoms with van der Waals surface area (Å²) in [4.78, 5) is 23.2. The Bertz CT molecular complexity index is 665. The second kappa shape index (κ2) is 8.50. The van der Waals surface area contributed by atoms with Crippen molar-refractivity contribution in [3.63, 3.8) is 0 Å². The molecular formula is C17H21ClN2O3. The molecule has 23 heavy (non-hydrogen) atoms. The SMILES string of the molecule is CNC(C)CNC(=O)c1ccc(-c2ccc(C(C)=O)cc2)o1.Cl. The van der Waals surface area contributed by atoms with Crippen molar-refractivity contribution >= 4 is 24.1 Å². The number of rotatable bonds is 6. The van der Waals surface area contributed by atoms with E-state index in [1.54, 1.807) is 36.4 Å². The average molecular weight is 337 g/mol. The van der Waals surface area contributed by atoms with E-state index in [1.165, 1.54) is 6.92 Å². The van der Waals surface area contributed by atoms with Gasteiger partial charge in [0.15, 0.2) is 11.5 Å². The van der Waals surface area contributed by atoms with Gasteiger partial charge in [0, 0.05) is 23.7 Å². The summed E-state index contributed by atoms with van der Waals surface area (Å²) in [6, 6.07) is 10.7. The van der Waals surface area contributed by atoms with Crippen LogP contribution in [0.5, 0.6) is 0 Å². The van der Waals surface area contributed by atoms with Crippen LogP contribution in [-0.4, -0.2) is 31.3 Å². The quantitative estimate of drug-likeness (QED) is 0.796. The zero-order valence-electron chi connectivity index (χ0n) is 13.4. The van der Waals surface area contributed by atoms with Crippen molar-refractivity contribution in [3.8, 4) is 11.3 Å². The van der Waals surface area contributed by atoms with Gasteiger partial charge in [0.2, 0.25) is 0 Å². The Morgan fingerprint density at radius 3 is 2.35 bits per heavy atom. The summed E-state index contributed by atoms with van der Waals surface area (Å²) < 4.78 is 5.58. The van der Waals surface area contributed by atoms with Crippen LogP contribution < -0.4 is 10.6 Å². The number of carbonyl (C=O) groups excluding carboxylic acids is 2. The third-order valence-corrected chi connectivity index (χ3v) is 3.47. The lowest BCUT2D eigenvalue weighted by molar-refractivity contribution is 0.0923. The highest BCUT2D eigenvalue weighted by Crippen LogP contribution is 2.22. The minimum absolute atomic E-state index is 0. The summed E-state index contributed by atoms with van der Waals surface area (Å²) in [5, 5.41) is 5.84. The predicted octanol–water partition coefficient (Wildman–Crippen LogP) is 2.91. The van der Waals surface area contributed by atoms with E-state index in [0.29, 0.717) is 17.9 Å². The van der Waals surface area contributed by atoms with E-state index in [9.17, 15) is 9.59 Å². The van der Waals surface area contributed by atoms with Crippen LogP contribution in [0.2, 0.25) is 0 Å². The van der Waals surface area contributed by atoms with E-state index in [-0.39, 0.29) is 35.9 Å². The molecule has 5 nitrogen and oxygen atoms in total. The van der Waals surface area contributed by atoms with Gasteiger partial charge in [0.05, 0.1) is 0 Å². The van der Waals surface area contributed by atoms with Gasteiger partial charge in [0.1, 0.15) is 5.76 Å². The van der Waals surface area contributed by atoms with Crippen molar-refractivity contribution in [2.75, 3.05) is 13.6 Å². The van der Waals surface area contributed by atoms with E-state index < -0.39 is 0 Å². The normalized spacial score (nSPS) is 11.4. The number of amides is 1. The Morgan fingerprint density at radius 2 is 1.78 bits per heavy atom. The van der Waals surface area contributed by atoms with Gasteiger partial charge in [-0.3, -0.25) is 9.59 Å². The first-order valence-corrected chi connectivity index (χ1v) is 7.18. The fourth-order valence-electron chi connectivity index (χ4n) is 1.92. The second-order valence-electron chi connectivity index (χ2n) is 5.20. The Morgan fingerprint density at radius 1 is 1.13 bits per heavy atom. The smallest absolute Gasteiger partial charge is 0.287 e. The van der Waals surface area contributed by atoms with Crippen LogP contribution in [0.15, 0.2) is 40.8 Å². The molecule has 0 radical (unpaired) electrons. The van der Waals surface area contributed by atoms with Gasteiger partial charge in [-0.05, 0) is 33.0 Å². The minimum atomic E-state index is -0.242. The molecule has 0 saturated carbocycles. The van der Waals surface area contributed by atoms with Crippen molar-refractivity contribution in [1.82, 2.24) is 10.6 Å². The van der Waals surface area contributed by atoms with Crippen molar-refractivity contribution in [1.29, 1.82) is 0 Å². The molecule has 0 aliphatic heterocycles. The summed E-state index contributed by atoms with van der Waals surface area (Å²) in [6.45, 7) is 4.03. The maximum Gasteiger partial charge on any atom is 0.287 e. The number of likely N-dealkylation sites (N-methyl/N-ethyl adjacent to an activating group) is 1. The summed E-state index contributed by atoms with van der Waals surface area (Å²) in [5.41, 5.74) is 1.47. The summed E-state index contributed by atoms with van der Waals surface area (Å²) >= 11 is 0. The number of Topliss-reactive ketones (excluding diaryl/α,β-unsaturated/α-hetero) is 1. The molecule has 0 aliphatic rings. The first-order valence-electron chi connectivity index (χ1n) is 7.18. The third-order valence-electron chi connectivity index (χ3n) is 3.47. The highest BCUT2D eigenvalue weighted by atomic mass is 35.5. The summed E-state index contributed by atoms with van der Waals surface area (Å²) in [6.07, 6.45) is 0. The molecule has 1 heterocycles. The van der Waals surface area contributed by atoms with Gasteiger partial charge in [-0.25, -0.2) is 0 Å². The van der Waals surface area contributed by atoms with Crippen molar-refractivity contribution in [2.45, 2.75) is 19.9 Å². The molecule has 1 atom stereocenters. The molecule has 0 fully saturated rings. The first kappa shape index (κ1) is 18.9. The third kappa shape index (κ3) is 4.94. The largest absolute Gasteiger partial charge is 0.451 e. The van der Waals surface area contributed by atoms with Crippen molar-refractivity contribution < 1.29 is 14.0 Å². The molecule has 6 heteroatoms. The highest BCUT2D eigenvalue weighted by Gasteiger charge is 2.13. The van der Waals surface area contributed by atoms with E-state index >= 15 is 0 Å². The molecule has 1 aromatic carbocycles. The monoisotopic (exact) mass is 336 g/mol. The average Bonchev–Trinajstić information content (AvgIpc) is 3.02. The van der Waals surface area contributed by atoms with Gasteiger partial charge in [-0.2, -0.15) is 0 Å². The van der Waals surface area contributed by atoms with Gasteiger partial charge in [0.25, 0.3) is 5.91 Å². The number of benzene rings is 1. The lowest BCUT2D eigenvalue weighted by Gasteiger charge is -2.10. The van der Waals surface area contributed by atoms with Gasteiger partial charge in [-0.1, -0.05) is 24.3 Å². The van der Waals surface area contributed by atoms with E-state index in [0.717, 1.165) is 5.56 Å². The molecule has 1 aromatic heterocycles. The Labute approximate surface area is 141 Å². The summed E-state index contributed by atoms with van der Waals surface area (Å²) in [5.74, 6) is 0.647. The minimum Gasteiger partial charge on any atom is -0.451 e. The Balaban J connectivity index is 0.00000264. The molecule has 0 aliphatic carbocycles. The number of hydrogen-bond donors (Lipinski definition) is 2. The highest BCUT2D eigenvalue weighted by molar-refractivity contribution is 5.94.